The molecule has 0 spiro atoms. The number of nitrogens with one attached hydrogen (secondary N) is 1. The second-order valence-electron chi connectivity index (χ2n) is 7.64. The van der Waals surface area contributed by atoms with Gasteiger partial charge in [-0.3, -0.25) is 19.3 Å². The molecule has 1 N–H and O–H groups in total. The van der Waals surface area contributed by atoms with E-state index >= 15 is 0 Å². The Morgan fingerprint density at radius 3 is 2.33 bits per heavy atom. The van der Waals surface area contributed by atoms with Crippen LogP contribution >= 0.6 is 11.6 Å². The number of rotatable bonds is 7. The molecule has 0 bridgehead atoms. The fourth-order valence-corrected chi connectivity index (χ4v) is 3.79. The van der Waals surface area contributed by atoms with Gasteiger partial charge in [0, 0.05) is 0 Å². The first kappa shape index (κ1) is 22.5. The van der Waals surface area contributed by atoms with E-state index in [0.717, 1.165) is 4.90 Å². The highest BCUT2D eigenvalue weighted by molar-refractivity contribution is 6.33. The zero-order valence-corrected chi connectivity index (χ0v) is 18.7. The Balaban J connectivity index is 1.39. The topological polar surface area (TPSA) is 79.0 Å². The zero-order chi connectivity index (χ0) is 23.4. The van der Waals surface area contributed by atoms with Gasteiger partial charge in [-0.15, -0.1) is 0 Å². The molecule has 1 fully saturated rings. The first-order chi connectivity index (χ1) is 15.9. The average molecular weight is 464 g/mol. The molecule has 3 aromatic rings. The van der Waals surface area contributed by atoms with Crippen molar-refractivity contribution < 1.29 is 19.1 Å². The minimum atomic E-state index is -0.727. The normalized spacial score (nSPS) is 15.7. The summed E-state index contributed by atoms with van der Waals surface area (Å²) >= 11 is 6.07. The quantitative estimate of drug-likeness (QED) is 0.527. The Labute approximate surface area is 196 Å². The second kappa shape index (κ2) is 9.85. The second-order valence-corrected chi connectivity index (χ2v) is 8.05. The highest BCUT2D eigenvalue weighted by atomic mass is 35.5. The number of imide groups is 1. The number of hydrogen-bond acceptors (Lipinski definition) is 5. The summed E-state index contributed by atoms with van der Waals surface area (Å²) in [6, 6.07) is 22.2. The zero-order valence-electron chi connectivity index (χ0n) is 17.9. The van der Waals surface area contributed by atoms with Gasteiger partial charge in [-0.25, -0.2) is 4.90 Å². The van der Waals surface area contributed by atoms with Gasteiger partial charge in [0.05, 0.1) is 35.4 Å². The average Bonchev–Trinajstić information content (AvgIpc) is 3.10. The van der Waals surface area contributed by atoms with Crippen LogP contribution in [-0.2, 0) is 14.4 Å². The molecule has 0 aromatic heterocycles. The van der Waals surface area contributed by atoms with Crippen molar-refractivity contribution in [3.05, 3.63) is 83.9 Å². The lowest BCUT2D eigenvalue weighted by atomic mass is 10.2. The van der Waals surface area contributed by atoms with Crippen LogP contribution in [0.15, 0.2) is 78.9 Å². The lowest BCUT2D eigenvalue weighted by molar-refractivity contribution is -0.123. The van der Waals surface area contributed by atoms with Crippen LogP contribution in [0.1, 0.15) is 6.42 Å². The number of amides is 3. The van der Waals surface area contributed by atoms with E-state index in [2.05, 4.69) is 5.32 Å². The van der Waals surface area contributed by atoms with E-state index in [9.17, 15) is 14.4 Å². The number of carbonyl (C=O) groups excluding carboxylic acids is 3. The molecule has 4 rings (SSSR count). The fourth-order valence-electron chi connectivity index (χ4n) is 3.61. The molecule has 8 heteroatoms. The molecule has 1 aliphatic heterocycles. The van der Waals surface area contributed by atoms with E-state index in [0.29, 0.717) is 27.9 Å². The number of anilines is 2. The Bertz CT molecular complexity index is 1170. The number of ether oxygens (including phenoxy) is 1. The summed E-state index contributed by atoms with van der Waals surface area (Å²) in [5, 5.41) is 3.15. The predicted molar refractivity (Wildman–Crippen MR) is 127 cm³/mol. The molecule has 3 amide bonds. The monoisotopic (exact) mass is 463 g/mol. The Morgan fingerprint density at radius 1 is 1.00 bits per heavy atom. The number of benzene rings is 3. The van der Waals surface area contributed by atoms with Gasteiger partial charge in [0.15, 0.2) is 0 Å². The van der Waals surface area contributed by atoms with Gasteiger partial charge in [-0.05, 0) is 55.6 Å². The van der Waals surface area contributed by atoms with Crippen LogP contribution in [0.4, 0.5) is 11.4 Å². The van der Waals surface area contributed by atoms with Gasteiger partial charge in [-0.2, -0.15) is 0 Å². The van der Waals surface area contributed by atoms with Crippen molar-refractivity contribution in [2.75, 3.05) is 23.8 Å². The molecule has 1 aliphatic rings. The van der Waals surface area contributed by atoms with E-state index in [1.165, 1.54) is 0 Å². The molecule has 7 nitrogen and oxygen atoms in total. The fraction of sp³-hybridized carbons (Fsp3) is 0.160. The molecule has 0 unspecified atom stereocenters. The molecule has 1 saturated heterocycles. The largest absolute Gasteiger partial charge is 0.457 e. The van der Waals surface area contributed by atoms with Crippen LogP contribution in [0.3, 0.4) is 0 Å². The van der Waals surface area contributed by atoms with Crippen molar-refractivity contribution >= 4 is 40.7 Å². The lowest BCUT2D eigenvalue weighted by Gasteiger charge is -2.22. The van der Waals surface area contributed by atoms with Crippen LogP contribution in [0.2, 0.25) is 5.02 Å². The van der Waals surface area contributed by atoms with E-state index in [1.54, 1.807) is 60.5 Å². The molecule has 1 atom stereocenters. The van der Waals surface area contributed by atoms with Crippen LogP contribution < -0.4 is 15.0 Å². The lowest BCUT2D eigenvalue weighted by Crippen LogP contribution is -2.43. The smallest absolute Gasteiger partial charge is 0.251 e. The summed E-state index contributed by atoms with van der Waals surface area (Å²) in [4.78, 5) is 40.8. The maximum Gasteiger partial charge on any atom is 0.251 e. The van der Waals surface area contributed by atoms with Gasteiger partial charge < -0.3 is 10.1 Å². The molecule has 168 valence electrons. The van der Waals surface area contributed by atoms with Gasteiger partial charge in [0.25, 0.3) is 5.91 Å². The van der Waals surface area contributed by atoms with Crippen LogP contribution in [0.5, 0.6) is 11.5 Å². The van der Waals surface area contributed by atoms with Gasteiger partial charge >= 0.3 is 0 Å². The highest BCUT2D eigenvalue weighted by Gasteiger charge is 2.42. The molecule has 33 heavy (non-hydrogen) atoms. The van der Waals surface area contributed by atoms with E-state index in [4.69, 9.17) is 16.3 Å². The molecule has 1 heterocycles. The predicted octanol–water partition coefficient (Wildman–Crippen LogP) is 4.33. The van der Waals surface area contributed by atoms with Crippen molar-refractivity contribution in [2.24, 2.45) is 0 Å². The van der Waals surface area contributed by atoms with Gasteiger partial charge in [0.1, 0.15) is 11.5 Å². The van der Waals surface area contributed by atoms with Crippen molar-refractivity contribution in [3.63, 3.8) is 0 Å². The molecule has 3 aromatic carbocycles. The SMILES string of the molecule is CN(CC(=O)Nc1ccccc1Cl)[C@@H]1CC(=O)N(c2ccc(Oc3ccccc3)cc2)C1=O. The van der Waals surface area contributed by atoms with Crippen molar-refractivity contribution in [1.82, 2.24) is 4.90 Å². The third kappa shape index (κ3) is 5.22. The first-order valence-electron chi connectivity index (χ1n) is 10.4. The molecular formula is C25H22ClN3O4. The molecule has 0 saturated carbocycles. The number of likely N-dealkylation sites (N-methyl/N-ethyl adjacent to an activating group) is 1. The van der Waals surface area contributed by atoms with Gasteiger partial charge in [-0.1, -0.05) is 41.9 Å². The van der Waals surface area contributed by atoms with E-state index in [1.807, 2.05) is 30.3 Å². The molecule has 0 radical (unpaired) electrons. The standard InChI is InChI=1S/C25H22ClN3O4/c1-28(16-23(30)27-21-10-6-5-9-20(21)26)22-15-24(31)29(25(22)32)17-11-13-19(14-12-17)33-18-7-3-2-4-8-18/h2-14,22H,15-16H2,1H3,(H,27,30)/t22-/m1/s1. The minimum Gasteiger partial charge on any atom is -0.457 e. The third-order valence-electron chi connectivity index (χ3n) is 5.27. The highest BCUT2D eigenvalue weighted by Crippen LogP contribution is 2.29. The molecule has 0 aliphatic carbocycles. The van der Waals surface area contributed by atoms with Gasteiger partial charge in [0.2, 0.25) is 11.8 Å². The van der Waals surface area contributed by atoms with E-state index < -0.39 is 6.04 Å². The first-order valence-corrected chi connectivity index (χ1v) is 10.7. The van der Waals surface area contributed by atoms with Crippen LogP contribution in [0.25, 0.3) is 0 Å². The summed E-state index contributed by atoms with van der Waals surface area (Å²) in [6.45, 7) is -0.0629. The number of halogens is 1. The maximum atomic E-state index is 13.0. The van der Waals surface area contributed by atoms with Crippen molar-refractivity contribution in [1.29, 1.82) is 0 Å². The summed E-state index contributed by atoms with van der Waals surface area (Å²) < 4.78 is 5.76. The third-order valence-corrected chi connectivity index (χ3v) is 5.60. The van der Waals surface area contributed by atoms with Crippen LogP contribution in [-0.4, -0.2) is 42.3 Å². The number of nitrogens with zero attached hydrogens (tertiary/aromatic N) is 2. The van der Waals surface area contributed by atoms with Crippen molar-refractivity contribution in [3.8, 4) is 11.5 Å². The van der Waals surface area contributed by atoms with Crippen LogP contribution in [0, 0.1) is 0 Å². The van der Waals surface area contributed by atoms with Crippen molar-refractivity contribution in [2.45, 2.75) is 12.5 Å². The summed E-state index contributed by atoms with van der Waals surface area (Å²) in [5.74, 6) is 0.265. The summed E-state index contributed by atoms with van der Waals surface area (Å²) in [6.07, 6.45) is -0.00300. The Morgan fingerprint density at radius 2 is 1.64 bits per heavy atom. The Kier molecular flexibility index (Phi) is 6.72. The number of hydrogen-bond donors (Lipinski definition) is 1. The maximum absolute atomic E-state index is 13.0. The summed E-state index contributed by atoms with van der Waals surface area (Å²) in [7, 11) is 1.64. The Hall–Kier alpha value is -3.68. The molecular weight excluding hydrogens is 442 g/mol. The minimum absolute atomic E-state index is 0.00300. The van der Waals surface area contributed by atoms with E-state index in [-0.39, 0.29) is 30.7 Å². The summed E-state index contributed by atoms with van der Waals surface area (Å²) in [5.41, 5.74) is 0.952. The number of carbonyl (C=O) groups is 3. The number of para-hydroxylation sites is 2.